The molecule has 5 nitrogen and oxygen atoms in total. The molecule has 0 unspecified atom stereocenters. The van der Waals surface area contributed by atoms with Crippen molar-refractivity contribution >= 4 is 6.01 Å². The summed E-state index contributed by atoms with van der Waals surface area (Å²) in [6.07, 6.45) is -4.53. The second kappa shape index (κ2) is 5.69. The van der Waals surface area contributed by atoms with Crippen LogP contribution in [-0.4, -0.2) is 29.5 Å². The van der Waals surface area contributed by atoms with Gasteiger partial charge in [-0.05, 0) is 6.42 Å². The van der Waals surface area contributed by atoms with Crippen molar-refractivity contribution in [3.63, 3.8) is 0 Å². The summed E-state index contributed by atoms with van der Waals surface area (Å²) in [4.78, 5) is 0. The van der Waals surface area contributed by atoms with E-state index in [1.54, 1.807) is 0 Å². The van der Waals surface area contributed by atoms with Crippen molar-refractivity contribution in [2.45, 2.75) is 25.4 Å². The Bertz CT molecular complexity index is 312. The summed E-state index contributed by atoms with van der Waals surface area (Å²) >= 11 is 0. The molecule has 1 rings (SSSR count). The van der Waals surface area contributed by atoms with Crippen molar-refractivity contribution in [3.8, 4) is 0 Å². The topological polar surface area (TPSA) is 77.0 Å². The fourth-order valence-electron chi connectivity index (χ4n) is 1.03. The maximum atomic E-state index is 11.8. The highest BCUT2D eigenvalue weighted by atomic mass is 19.4. The molecule has 0 saturated heterocycles. The number of nitrogens with zero attached hydrogens (tertiary/aromatic N) is 2. The summed E-state index contributed by atoms with van der Waals surface area (Å²) in [5.41, 5.74) is 5.27. The van der Waals surface area contributed by atoms with E-state index in [1.165, 1.54) is 0 Å². The van der Waals surface area contributed by atoms with Gasteiger partial charge in [0.15, 0.2) is 0 Å². The Morgan fingerprint density at radius 1 is 1.31 bits per heavy atom. The van der Waals surface area contributed by atoms with Gasteiger partial charge in [-0.15, -0.1) is 5.10 Å². The summed E-state index contributed by atoms with van der Waals surface area (Å²) in [5, 5.41) is 9.87. The van der Waals surface area contributed by atoms with Crippen LogP contribution in [0.1, 0.15) is 18.7 Å². The van der Waals surface area contributed by atoms with E-state index >= 15 is 0 Å². The molecule has 0 atom stereocenters. The highest BCUT2D eigenvalue weighted by molar-refractivity contribution is 5.16. The molecule has 92 valence electrons. The molecular formula is C8H13F3N4O. The number of rotatable bonds is 6. The lowest BCUT2D eigenvalue weighted by atomic mass is 10.3. The van der Waals surface area contributed by atoms with Crippen LogP contribution in [0.4, 0.5) is 19.2 Å². The van der Waals surface area contributed by atoms with Crippen molar-refractivity contribution in [2.75, 3.05) is 18.4 Å². The fourth-order valence-corrected chi connectivity index (χ4v) is 1.03. The van der Waals surface area contributed by atoms with Gasteiger partial charge in [0.05, 0.1) is 0 Å². The third kappa shape index (κ3) is 4.96. The third-order valence-electron chi connectivity index (χ3n) is 1.74. The molecule has 0 aliphatic rings. The molecular weight excluding hydrogens is 225 g/mol. The van der Waals surface area contributed by atoms with E-state index < -0.39 is 12.6 Å². The summed E-state index contributed by atoms with van der Waals surface area (Å²) in [6.45, 7) is 0.527. The molecule has 0 aliphatic heterocycles. The molecule has 1 aromatic rings. The molecule has 1 heterocycles. The minimum atomic E-state index is -4.12. The first-order chi connectivity index (χ1) is 7.51. The van der Waals surface area contributed by atoms with Crippen molar-refractivity contribution in [2.24, 2.45) is 5.73 Å². The van der Waals surface area contributed by atoms with Crippen molar-refractivity contribution in [3.05, 3.63) is 5.89 Å². The number of nitrogens with two attached hydrogens (primary N) is 1. The highest BCUT2D eigenvalue weighted by Gasteiger charge is 2.25. The van der Waals surface area contributed by atoms with Crippen molar-refractivity contribution in [1.82, 2.24) is 10.2 Å². The van der Waals surface area contributed by atoms with Crippen LogP contribution >= 0.6 is 0 Å². The van der Waals surface area contributed by atoms with E-state index in [0.717, 1.165) is 0 Å². The molecule has 0 spiro atoms. The molecule has 0 radical (unpaired) electrons. The number of hydrogen-bond donors (Lipinski definition) is 2. The van der Waals surface area contributed by atoms with E-state index in [9.17, 15) is 13.2 Å². The van der Waals surface area contributed by atoms with Gasteiger partial charge in [-0.1, -0.05) is 5.10 Å². The second-order valence-electron chi connectivity index (χ2n) is 3.19. The van der Waals surface area contributed by atoms with E-state index in [2.05, 4.69) is 15.5 Å². The SMILES string of the molecule is NCCc1nnc(NCCCC(F)(F)F)o1. The zero-order chi connectivity index (χ0) is 12.0. The van der Waals surface area contributed by atoms with Crippen LogP contribution < -0.4 is 11.1 Å². The van der Waals surface area contributed by atoms with Crippen LogP contribution in [0.15, 0.2) is 4.42 Å². The maximum Gasteiger partial charge on any atom is 0.389 e. The number of alkyl halides is 3. The Kier molecular flexibility index (Phi) is 4.53. The number of hydrogen-bond acceptors (Lipinski definition) is 5. The quantitative estimate of drug-likeness (QED) is 0.731. The summed E-state index contributed by atoms with van der Waals surface area (Å²) < 4.78 is 40.4. The van der Waals surface area contributed by atoms with Gasteiger partial charge in [0.1, 0.15) is 0 Å². The van der Waals surface area contributed by atoms with Crippen molar-refractivity contribution in [1.29, 1.82) is 0 Å². The minimum Gasteiger partial charge on any atom is -0.408 e. The number of halogens is 3. The Morgan fingerprint density at radius 3 is 2.69 bits per heavy atom. The molecule has 0 amide bonds. The first-order valence-electron chi connectivity index (χ1n) is 4.84. The molecule has 0 aromatic carbocycles. The van der Waals surface area contributed by atoms with Gasteiger partial charge in [-0.3, -0.25) is 0 Å². The van der Waals surface area contributed by atoms with E-state index in [4.69, 9.17) is 10.2 Å². The molecule has 3 N–H and O–H groups in total. The van der Waals surface area contributed by atoms with E-state index in [-0.39, 0.29) is 19.0 Å². The monoisotopic (exact) mass is 238 g/mol. The molecule has 0 saturated carbocycles. The van der Waals surface area contributed by atoms with Gasteiger partial charge >= 0.3 is 12.2 Å². The maximum absolute atomic E-state index is 11.8. The Morgan fingerprint density at radius 2 is 2.06 bits per heavy atom. The van der Waals surface area contributed by atoms with Gasteiger partial charge in [0.25, 0.3) is 0 Å². The molecule has 16 heavy (non-hydrogen) atoms. The standard InChI is InChI=1S/C8H13F3N4O/c9-8(10,11)3-1-5-13-7-15-14-6(16-7)2-4-12/h1-5,12H2,(H,13,15). The summed E-state index contributed by atoms with van der Waals surface area (Å²) in [7, 11) is 0. The van der Waals surface area contributed by atoms with Crippen LogP contribution in [0.3, 0.4) is 0 Å². The summed E-state index contributed by atoms with van der Waals surface area (Å²) in [6, 6.07) is 0.130. The normalized spacial score (nSPS) is 11.8. The van der Waals surface area contributed by atoms with Crippen LogP contribution in [0.2, 0.25) is 0 Å². The number of nitrogens with one attached hydrogen (secondary N) is 1. The van der Waals surface area contributed by atoms with Crippen LogP contribution in [0.25, 0.3) is 0 Å². The third-order valence-corrected chi connectivity index (χ3v) is 1.74. The van der Waals surface area contributed by atoms with Gasteiger partial charge < -0.3 is 15.5 Å². The lowest BCUT2D eigenvalue weighted by molar-refractivity contribution is -0.134. The molecule has 0 fully saturated rings. The molecule has 0 bridgehead atoms. The van der Waals surface area contributed by atoms with Crippen LogP contribution in [-0.2, 0) is 6.42 Å². The van der Waals surface area contributed by atoms with Gasteiger partial charge in [0.2, 0.25) is 5.89 Å². The second-order valence-corrected chi connectivity index (χ2v) is 3.19. The first-order valence-corrected chi connectivity index (χ1v) is 4.84. The van der Waals surface area contributed by atoms with Crippen molar-refractivity contribution < 1.29 is 17.6 Å². The van der Waals surface area contributed by atoms with Gasteiger partial charge in [0, 0.05) is 25.9 Å². The van der Waals surface area contributed by atoms with Gasteiger partial charge in [-0.25, -0.2) is 0 Å². The molecule has 1 aromatic heterocycles. The zero-order valence-corrected chi connectivity index (χ0v) is 8.55. The largest absolute Gasteiger partial charge is 0.408 e. The lowest BCUT2D eigenvalue weighted by Crippen LogP contribution is -2.11. The average molecular weight is 238 g/mol. The Balaban J connectivity index is 2.21. The molecule has 8 heteroatoms. The Labute approximate surface area is 90.2 Å². The minimum absolute atomic E-state index is 0.0297. The summed E-state index contributed by atoms with van der Waals surface area (Å²) in [5.74, 6) is 0.376. The predicted molar refractivity (Wildman–Crippen MR) is 50.8 cm³/mol. The number of aromatic nitrogens is 2. The fraction of sp³-hybridized carbons (Fsp3) is 0.750. The first kappa shape index (κ1) is 12.8. The van der Waals surface area contributed by atoms with Gasteiger partial charge in [-0.2, -0.15) is 13.2 Å². The highest BCUT2D eigenvalue weighted by Crippen LogP contribution is 2.21. The molecule has 0 aliphatic carbocycles. The average Bonchev–Trinajstić information content (AvgIpc) is 2.60. The number of anilines is 1. The predicted octanol–water partition coefficient (Wildman–Crippen LogP) is 1.33. The smallest absolute Gasteiger partial charge is 0.389 e. The van der Waals surface area contributed by atoms with Crippen LogP contribution in [0, 0.1) is 0 Å². The van der Waals surface area contributed by atoms with Crippen LogP contribution in [0.5, 0.6) is 0 Å². The van der Waals surface area contributed by atoms with E-state index in [1.807, 2.05) is 0 Å². The van der Waals surface area contributed by atoms with E-state index in [0.29, 0.717) is 18.9 Å². The lowest BCUT2D eigenvalue weighted by Gasteiger charge is -2.05. The Hall–Kier alpha value is -1.31. The zero-order valence-electron chi connectivity index (χ0n) is 8.55.